The number of rotatable bonds is 5. The van der Waals surface area contributed by atoms with Crippen LogP contribution in [0.5, 0.6) is 0 Å². The average molecular weight is 435 g/mol. The zero-order valence-corrected chi connectivity index (χ0v) is 16.9. The number of carbonyl (C=O) groups is 1. The third kappa shape index (κ3) is 3.72. The van der Waals surface area contributed by atoms with Crippen LogP contribution in [0.25, 0.3) is 26.5 Å². The van der Waals surface area contributed by atoms with Gasteiger partial charge in [-0.25, -0.2) is 9.97 Å². The Morgan fingerprint density at radius 3 is 2.59 bits per heavy atom. The fourth-order valence-corrected chi connectivity index (χ4v) is 5.71. The van der Waals surface area contributed by atoms with Gasteiger partial charge in [-0.05, 0) is 30.5 Å². The second-order valence-corrected chi connectivity index (χ2v) is 9.37. The van der Waals surface area contributed by atoms with E-state index in [0.29, 0.717) is 10.0 Å². The van der Waals surface area contributed by atoms with E-state index in [1.54, 1.807) is 35.2 Å². The van der Waals surface area contributed by atoms with Crippen LogP contribution in [0.2, 0.25) is 0 Å². The molecule has 0 spiro atoms. The topological polar surface area (TPSA) is 98.0 Å². The van der Waals surface area contributed by atoms with Crippen molar-refractivity contribution in [3.63, 3.8) is 0 Å². The first-order valence-electron chi connectivity index (χ1n) is 7.51. The Morgan fingerprint density at radius 2 is 1.89 bits per heavy atom. The smallest absolute Gasteiger partial charge is 0.298 e. The molecule has 0 aliphatic heterocycles. The minimum atomic E-state index is -0.453. The number of hydrogen-bond acceptors (Lipinski definition) is 9. The van der Waals surface area contributed by atoms with E-state index in [0.717, 1.165) is 36.1 Å². The Kier molecular flexibility index (Phi) is 4.91. The van der Waals surface area contributed by atoms with Crippen molar-refractivity contribution in [1.82, 2.24) is 9.97 Å². The average Bonchev–Trinajstić information content (AvgIpc) is 3.36. The fourth-order valence-electron chi connectivity index (χ4n) is 2.33. The molecule has 0 fully saturated rings. The molecule has 1 amide bonds. The summed E-state index contributed by atoms with van der Waals surface area (Å²) in [5.41, 5.74) is 1.74. The summed E-state index contributed by atoms with van der Waals surface area (Å²) in [5, 5.41) is 14.0. The van der Waals surface area contributed by atoms with E-state index in [1.165, 1.54) is 23.5 Å². The lowest BCUT2D eigenvalue weighted by atomic mass is 10.3. The molecule has 4 rings (SSSR count). The number of nitro groups is 1. The number of thiazole rings is 2. The zero-order valence-electron chi connectivity index (χ0n) is 13.7. The molecule has 0 atom stereocenters. The van der Waals surface area contributed by atoms with Gasteiger partial charge in [-0.3, -0.25) is 20.2 Å². The first-order valence-corrected chi connectivity index (χ1v) is 11.2. The van der Waals surface area contributed by atoms with Gasteiger partial charge >= 0.3 is 5.00 Å². The Morgan fingerprint density at radius 1 is 1.15 bits per heavy atom. The third-order valence-corrected chi connectivity index (χ3v) is 7.70. The SMILES string of the molecule is CSc1nc2ccc3nc(NC(=O)/C=C/c4ccc([N+](=O)[O-])s4)sc3c2s1. The lowest BCUT2D eigenvalue weighted by molar-refractivity contribution is -0.380. The van der Waals surface area contributed by atoms with E-state index in [2.05, 4.69) is 15.3 Å². The standard InChI is InChI=1S/C16H10N4O3S4/c1-24-16-18-10-5-4-9-13(14(10)27-16)26-15(17-9)19-11(21)6-2-8-3-7-12(25-8)20(22)23/h2-7H,1H3,(H,17,19,21)/b6-2+. The summed E-state index contributed by atoms with van der Waals surface area (Å²) in [7, 11) is 0. The molecule has 0 radical (unpaired) electrons. The van der Waals surface area contributed by atoms with Crippen LogP contribution in [0.15, 0.2) is 34.7 Å². The van der Waals surface area contributed by atoms with E-state index in [1.807, 2.05) is 18.4 Å². The highest BCUT2D eigenvalue weighted by molar-refractivity contribution is 8.00. The van der Waals surface area contributed by atoms with Gasteiger partial charge in [0.2, 0.25) is 5.91 Å². The lowest BCUT2D eigenvalue weighted by Gasteiger charge is -1.94. The molecular weight excluding hydrogens is 424 g/mol. The summed E-state index contributed by atoms with van der Waals surface area (Å²) in [6, 6.07) is 6.85. The van der Waals surface area contributed by atoms with E-state index < -0.39 is 4.92 Å². The van der Waals surface area contributed by atoms with E-state index in [-0.39, 0.29) is 10.9 Å². The van der Waals surface area contributed by atoms with Crippen LogP contribution in [-0.4, -0.2) is 27.1 Å². The number of aromatic nitrogens is 2. The van der Waals surface area contributed by atoms with Crippen molar-refractivity contribution in [1.29, 1.82) is 0 Å². The molecule has 7 nitrogen and oxygen atoms in total. The highest BCUT2D eigenvalue weighted by Crippen LogP contribution is 2.38. The van der Waals surface area contributed by atoms with Gasteiger partial charge in [0.1, 0.15) is 0 Å². The number of amides is 1. The predicted octanol–water partition coefficient (Wildman–Crippen LogP) is 5.25. The molecule has 0 aliphatic carbocycles. The highest BCUT2D eigenvalue weighted by Gasteiger charge is 2.13. The van der Waals surface area contributed by atoms with Crippen LogP contribution in [0.3, 0.4) is 0 Å². The van der Waals surface area contributed by atoms with Gasteiger partial charge < -0.3 is 0 Å². The van der Waals surface area contributed by atoms with Crippen molar-refractivity contribution >= 4 is 88.3 Å². The maximum Gasteiger partial charge on any atom is 0.324 e. The molecule has 0 saturated heterocycles. The van der Waals surface area contributed by atoms with Gasteiger partial charge in [0, 0.05) is 17.0 Å². The first-order chi connectivity index (χ1) is 13.0. The predicted molar refractivity (Wildman–Crippen MR) is 113 cm³/mol. The number of anilines is 1. The summed E-state index contributed by atoms with van der Waals surface area (Å²) in [5.74, 6) is -0.338. The van der Waals surface area contributed by atoms with Crippen LogP contribution < -0.4 is 5.32 Å². The second-order valence-electron chi connectivity index (χ2n) is 5.22. The molecule has 3 heterocycles. The summed E-state index contributed by atoms with van der Waals surface area (Å²) in [6.45, 7) is 0. The minimum Gasteiger partial charge on any atom is -0.298 e. The van der Waals surface area contributed by atoms with E-state index in [4.69, 9.17) is 0 Å². The van der Waals surface area contributed by atoms with Crippen molar-refractivity contribution in [3.8, 4) is 0 Å². The van der Waals surface area contributed by atoms with E-state index >= 15 is 0 Å². The van der Waals surface area contributed by atoms with Gasteiger partial charge in [0.15, 0.2) is 9.47 Å². The number of hydrogen-bond donors (Lipinski definition) is 1. The summed E-state index contributed by atoms with van der Waals surface area (Å²) >= 11 is 5.63. The molecule has 1 N–H and O–H groups in total. The van der Waals surface area contributed by atoms with Crippen LogP contribution in [0, 0.1) is 10.1 Å². The van der Waals surface area contributed by atoms with Crippen molar-refractivity contribution in [2.75, 3.05) is 11.6 Å². The van der Waals surface area contributed by atoms with Crippen LogP contribution in [0.1, 0.15) is 4.88 Å². The summed E-state index contributed by atoms with van der Waals surface area (Å²) in [4.78, 5) is 32.0. The monoisotopic (exact) mass is 434 g/mol. The van der Waals surface area contributed by atoms with Gasteiger partial charge in [-0.1, -0.05) is 34.4 Å². The molecule has 3 aromatic heterocycles. The number of benzene rings is 1. The normalized spacial score (nSPS) is 11.6. The minimum absolute atomic E-state index is 0.0411. The van der Waals surface area contributed by atoms with Gasteiger partial charge in [0.05, 0.1) is 25.4 Å². The molecule has 0 bridgehead atoms. The van der Waals surface area contributed by atoms with Crippen LogP contribution in [-0.2, 0) is 4.79 Å². The number of nitrogens with one attached hydrogen (secondary N) is 1. The summed E-state index contributed by atoms with van der Waals surface area (Å²) < 4.78 is 3.05. The maximum absolute atomic E-state index is 12.1. The number of carbonyl (C=O) groups excluding carboxylic acids is 1. The Balaban J connectivity index is 1.54. The summed E-state index contributed by atoms with van der Waals surface area (Å²) in [6.07, 6.45) is 4.88. The largest absolute Gasteiger partial charge is 0.324 e. The van der Waals surface area contributed by atoms with Crippen molar-refractivity contribution in [2.45, 2.75) is 4.34 Å². The van der Waals surface area contributed by atoms with Crippen molar-refractivity contribution in [2.24, 2.45) is 0 Å². The molecule has 4 aromatic rings. The van der Waals surface area contributed by atoms with Gasteiger partial charge in [0.25, 0.3) is 0 Å². The number of fused-ring (bicyclic) bond motifs is 3. The zero-order chi connectivity index (χ0) is 19.0. The van der Waals surface area contributed by atoms with Crippen molar-refractivity contribution in [3.05, 3.63) is 45.3 Å². The second kappa shape index (κ2) is 7.35. The molecule has 0 unspecified atom stereocenters. The van der Waals surface area contributed by atoms with Crippen molar-refractivity contribution < 1.29 is 9.72 Å². The third-order valence-electron chi connectivity index (χ3n) is 3.49. The fraction of sp³-hybridized carbons (Fsp3) is 0.0625. The quantitative estimate of drug-likeness (QED) is 0.199. The molecule has 0 saturated carbocycles. The Bertz CT molecular complexity index is 1210. The Labute approximate surface area is 168 Å². The molecular formula is C16H10N4O3S4. The highest BCUT2D eigenvalue weighted by atomic mass is 32.2. The van der Waals surface area contributed by atoms with Gasteiger partial charge in [-0.2, -0.15) is 0 Å². The maximum atomic E-state index is 12.1. The number of thiophene rings is 1. The molecule has 27 heavy (non-hydrogen) atoms. The Hall–Kier alpha value is -2.34. The van der Waals surface area contributed by atoms with E-state index in [9.17, 15) is 14.9 Å². The number of nitrogens with zero attached hydrogens (tertiary/aromatic N) is 3. The lowest BCUT2D eigenvalue weighted by Crippen LogP contribution is -2.06. The van der Waals surface area contributed by atoms with Crippen LogP contribution in [0.4, 0.5) is 10.1 Å². The molecule has 11 heteroatoms. The molecule has 0 aliphatic rings. The van der Waals surface area contributed by atoms with Gasteiger partial charge in [-0.15, -0.1) is 11.3 Å². The first kappa shape index (κ1) is 18.0. The molecule has 136 valence electrons. The molecule has 1 aromatic carbocycles. The van der Waals surface area contributed by atoms with Crippen LogP contribution >= 0.6 is 45.8 Å². The number of thioether (sulfide) groups is 1.